The number of hydrogen-bond donors (Lipinski definition) is 0. The van der Waals surface area contributed by atoms with Crippen molar-refractivity contribution in [3.63, 3.8) is 0 Å². The highest BCUT2D eigenvalue weighted by Crippen LogP contribution is 2.38. The molecule has 1 nitrogen and oxygen atoms in total. The van der Waals surface area contributed by atoms with Crippen molar-refractivity contribution in [2.24, 2.45) is 0 Å². The van der Waals surface area contributed by atoms with Gasteiger partial charge in [-0.1, -0.05) is 0 Å². The first-order valence-corrected chi connectivity index (χ1v) is 3.31. The van der Waals surface area contributed by atoms with Gasteiger partial charge in [0.2, 0.25) is 0 Å². The van der Waals surface area contributed by atoms with Crippen LogP contribution in [-0.4, -0.2) is 44.0 Å². The second-order valence-corrected chi connectivity index (χ2v) is 3.60. The lowest BCUT2D eigenvalue weighted by atomic mass is 10.2. The van der Waals surface area contributed by atoms with Gasteiger partial charge >= 0.3 is 12.4 Å². The van der Waals surface area contributed by atoms with E-state index in [0.29, 0.717) is 0 Å². The zero-order valence-electron chi connectivity index (χ0n) is 7.29. The van der Waals surface area contributed by atoms with Gasteiger partial charge < -0.3 is 4.48 Å². The number of halogens is 6. The molecule has 0 radical (unpaired) electrons. The maximum Gasteiger partial charge on any atom is 0.450 e. The molecule has 0 N–H and O–H groups in total. The van der Waals surface area contributed by atoms with Gasteiger partial charge in [0.25, 0.3) is 6.04 Å². The molecule has 0 saturated heterocycles. The highest BCUT2D eigenvalue weighted by Gasteiger charge is 2.64. The largest absolute Gasteiger partial charge is 0.450 e. The van der Waals surface area contributed by atoms with Crippen molar-refractivity contribution in [2.45, 2.75) is 18.4 Å². The van der Waals surface area contributed by atoms with Gasteiger partial charge in [-0.25, -0.2) is 0 Å². The summed E-state index contributed by atoms with van der Waals surface area (Å²) in [6.07, 6.45) is -10.5. The molecule has 0 aromatic heterocycles. The molecular weight excluding hydrogens is 200 g/mol. The molecule has 0 aromatic carbocycles. The Morgan fingerprint density at radius 2 is 1.00 bits per heavy atom. The Morgan fingerprint density at radius 1 is 0.769 bits per heavy atom. The predicted molar refractivity (Wildman–Crippen MR) is 33.9 cm³/mol. The van der Waals surface area contributed by atoms with Crippen LogP contribution in [0.2, 0.25) is 0 Å². The number of rotatable bonds is 1. The lowest BCUT2D eigenvalue weighted by Gasteiger charge is -2.35. The molecule has 0 fully saturated rings. The molecule has 0 aliphatic rings. The number of alkyl halides is 6. The van der Waals surface area contributed by atoms with E-state index in [1.807, 2.05) is 0 Å². The number of hydrogen-bond acceptors (Lipinski definition) is 0. The molecule has 80 valence electrons. The molecule has 0 saturated carbocycles. The first-order valence-electron chi connectivity index (χ1n) is 3.31. The van der Waals surface area contributed by atoms with E-state index in [9.17, 15) is 26.3 Å². The summed E-state index contributed by atoms with van der Waals surface area (Å²) in [4.78, 5) is 0. The molecular formula is C6H10F6N+. The van der Waals surface area contributed by atoms with Crippen LogP contribution in [0, 0.1) is 0 Å². The van der Waals surface area contributed by atoms with Crippen molar-refractivity contribution in [3.05, 3.63) is 0 Å². The zero-order valence-corrected chi connectivity index (χ0v) is 7.29. The van der Waals surface area contributed by atoms with Gasteiger partial charge in [-0.15, -0.1) is 0 Å². The quantitative estimate of drug-likeness (QED) is 0.459. The van der Waals surface area contributed by atoms with Crippen molar-refractivity contribution in [2.75, 3.05) is 21.1 Å². The summed E-state index contributed by atoms with van der Waals surface area (Å²) in [6, 6.07) is -3.33. The Labute approximate surface area is 71.5 Å². The maximum absolute atomic E-state index is 12.0. The third-order valence-electron chi connectivity index (χ3n) is 1.39. The fraction of sp³-hybridized carbons (Fsp3) is 1.00. The molecule has 13 heavy (non-hydrogen) atoms. The van der Waals surface area contributed by atoms with E-state index >= 15 is 0 Å². The Bertz CT molecular complexity index is 140. The minimum absolute atomic E-state index is 0.853. The van der Waals surface area contributed by atoms with E-state index in [1.165, 1.54) is 0 Å². The summed E-state index contributed by atoms with van der Waals surface area (Å²) in [5, 5.41) is 0. The molecule has 0 heterocycles. The van der Waals surface area contributed by atoms with E-state index in [-0.39, 0.29) is 0 Å². The molecule has 0 aliphatic heterocycles. The fourth-order valence-electron chi connectivity index (χ4n) is 1.06. The Balaban J connectivity index is 5.02. The van der Waals surface area contributed by atoms with Crippen LogP contribution in [0.5, 0.6) is 0 Å². The van der Waals surface area contributed by atoms with Crippen LogP contribution in [-0.2, 0) is 0 Å². The van der Waals surface area contributed by atoms with Crippen molar-refractivity contribution in [1.29, 1.82) is 0 Å². The van der Waals surface area contributed by atoms with E-state index in [0.717, 1.165) is 21.1 Å². The van der Waals surface area contributed by atoms with Gasteiger partial charge in [0, 0.05) is 0 Å². The topological polar surface area (TPSA) is 0 Å². The highest BCUT2D eigenvalue weighted by atomic mass is 19.4. The van der Waals surface area contributed by atoms with E-state index in [1.54, 1.807) is 0 Å². The summed E-state index contributed by atoms with van der Waals surface area (Å²) in [5.41, 5.74) is 0. The van der Waals surface area contributed by atoms with Crippen molar-refractivity contribution >= 4 is 0 Å². The van der Waals surface area contributed by atoms with Crippen molar-refractivity contribution < 1.29 is 30.8 Å². The summed E-state index contributed by atoms with van der Waals surface area (Å²) in [7, 11) is 2.56. The van der Waals surface area contributed by atoms with Gasteiger partial charge in [-0.05, 0) is 0 Å². The monoisotopic (exact) mass is 210 g/mol. The Hall–Kier alpha value is -0.460. The maximum atomic E-state index is 12.0. The van der Waals surface area contributed by atoms with E-state index in [2.05, 4.69) is 0 Å². The second kappa shape index (κ2) is 3.04. The normalized spacial score (nSPS) is 15.2. The molecule has 0 bridgehead atoms. The second-order valence-electron chi connectivity index (χ2n) is 3.60. The average molecular weight is 210 g/mol. The molecule has 0 aromatic rings. The summed E-state index contributed by atoms with van der Waals surface area (Å²) in [5.74, 6) is 0. The first-order chi connectivity index (χ1) is 5.37. The lowest BCUT2D eigenvalue weighted by molar-refractivity contribution is -0.921. The van der Waals surface area contributed by atoms with Gasteiger partial charge in [0.1, 0.15) is 0 Å². The summed E-state index contributed by atoms with van der Waals surface area (Å²) < 4.78 is 70.6. The first kappa shape index (κ1) is 12.5. The molecule has 0 spiro atoms. The Kier molecular flexibility index (Phi) is 2.93. The minimum Gasteiger partial charge on any atom is -0.313 e. The van der Waals surface area contributed by atoms with Gasteiger partial charge in [0.05, 0.1) is 21.1 Å². The summed E-state index contributed by atoms with van der Waals surface area (Å²) >= 11 is 0. The molecule has 7 heteroatoms. The molecule has 0 atom stereocenters. The van der Waals surface area contributed by atoms with Gasteiger partial charge in [-0.3, -0.25) is 0 Å². The number of nitrogens with zero attached hydrogens (tertiary/aromatic N) is 1. The highest BCUT2D eigenvalue weighted by molar-refractivity contribution is 4.75. The van der Waals surface area contributed by atoms with Crippen LogP contribution in [0.4, 0.5) is 26.3 Å². The van der Waals surface area contributed by atoms with Crippen LogP contribution in [0.15, 0.2) is 0 Å². The standard InChI is InChI=1S/C6H10F6N/c1-13(2,3)4(5(7,8)9)6(10,11)12/h4H,1-3H3/q+1. The third kappa shape index (κ3) is 3.41. The van der Waals surface area contributed by atoms with E-state index < -0.39 is 22.9 Å². The van der Waals surface area contributed by atoms with Crippen LogP contribution < -0.4 is 0 Å². The van der Waals surface area contributed by atoms with E-state index in [4.69, 9.17) is 0 Å². The number of quaternary nitrogens is 1. The molecule has 0 rings (SSSR count). The fourth-order valence-corrected chi connectivity index (χ4v) is 1.06. The van der Waals surface area contributed by atoms with Crippen LogP contribution in [0.1, 0.15) is 0 Å². The van der Waals surface area contributed by atoms with Gasteiger partial charge in [-0.2, -0.15) is 26.3 Å². The zero-order chi connectivity index (χ0) is 11.1. The Morgan fingerprint density at radius 3 is 1.00 bits per heavy atom. The molecule has 0 unspecified atom stereocenters. The lowest BCUT2D eigenvalue weighted by Crippen LogP contribution is -2.60. The van der Waals surface area contributed by atoms with Crippen molar-refractivity contribution in [3.8, 4) is 0 Å². The predicted octanol–water partition coefficient (Wildman–Crippen LogP) is 2.19. The average Bonchev–Trinajstić information content (AvgIpc) is 1.44. The molecule has 0 amide bonds. The van der Waals surface area contributed by atoms with Crippen LogP contribution in [0.3, 0.4) is 0 Å². The SMILES string of the molecule is C[N+](C)(C)C(C(F)(F)F)C(F)(F)F. The van der Waals surface area contributed by atoms with Crippen LogP contribution >= 0.6 is 0 Å². The van der Waals surface area contributed by atoms with Crippen LogP contribution in [0.25, 0.3) is 0 Å². The summed E-state index contributed by atoms with van der Waals surface area (Å²) in [6.45, 7) is 0. The molecule has 0 aliphatic carbocycles. The van der Waals surface area contributed by atoms with Crippen molar-refractivity contribution in [1.82, 2.24) is 0 Å². The smallest absolute Gasteiger partial charge is 0.313 e. The third-order valence-corrected chi connectivity index (χ3v) is 1.39. The minimum atomic E-state index is -5.27. The van der Waals surface area contributed by atoms with Gasteiger partial charge in [0.15, 0.2) is 0 Å².